The lowest BCUT2D eigenvalue weighted by molar-refractivity contribution is 0.346. The zero-order chi connectivity index (χ0) is 20.2. The number of fused-ring (bicyclic) bond motifs is 2. The smallest absolute Gasteiger partial charge is 0.193 e. The van der Waals surface area contributed by atoms with Crippen LogP contribution in [-0.2, 0) is 19.4 Å². The topological polar surface area (TPSA) is 74.8 Å². The molecular weight excluding hydrogens is 366 g/mol. The number of imidazole rings is 1. The molecule has 0 fully saturated rings. The molecule has 1 aliphatic rings. The highest BCUT2D eigenvalue weighted by atomic mass is 16.5. The van der Waals surface area contributed by atoms with E-state index in [4.69, 9.17) is 9.47 Å². The summed E-state index contributed by atoms with van der Waals surface area (Å²) in [6.07, 6.45) is 1.75. The highest BCUT2D eigenvalue weighted by Crippen LogP contribution is 2.33. The van der Waals surface area contributed by atoms with Gasteiger partial charge in [-0.3, -0.25) is 4.99 Å². The van der Waals surface area contributed by atoms with Crippen molar-refractivity contribution in [1.82, 2.24) is 20.2 Å². The molecule has 2 aromatic carbocycles. The molecule has 29 heavy (non-hydrogen) atoms. The summed E-state index contributed by atoms with van der Waals surface area (Å²) in [7, 11) is 5.17. The van der Waals surface area contributed by atoms with E-state index in [9.17, 15) is 0 Å². The lowest BCUT2D eigenvalue weighted by atomic mass is 9.99. The predicted molar refractivity (Wildman–Crippen MR) is 115 cm³/mol. The minimum Gasteiger partial charge on any atom is -0.493 e. The van der Waals surface area contributed by atoms with E-state index in [2.05, 4.69) is 37.3 Å². The second kappa shape index (κ2) is 8.43. The van der Waals surface area contributed by atoms with Gasteiger partial charge in [-0.25, -0.2) is 4.98 Å². The fourth-order valence-electron chi connectivity index (χ4n) is 3.81. The summed E-state index contributed by atoms with van der Waals surface area (Å²) in [4.78, 5) is 14.8. The van der Waals surface area contributed by atoms with Gasteiger partial charge in [-0.15, -0.1) is 0 Å². The number of rotatable bonds is 5. The van der Waals surface area contributed by atoms with Gasteiger partial charge in [-0.2, -0.15) is 0 Å². The van der Waals surface area contributed by atoms with Crippen LogP contribution in [0.25, 0.3) is 11.0 Å². The SMILES string of the molecule is CN=C(NCCc1nc2ccccc2[nH]1)N1CCc2cc(OC)c(OC)cc2C1. The Kier molecular flexibility index (Phi) is 5.55. The Morgan fingerprint density at radius 2 is 1.93 bits per heavy atom. The number of hydrogen-bond acceptors (Lipinski definition) is 4. The molecule has 152 valence electrons. The first-order valence-corrected chi connectivity index (χ1v) is 9.85. The third kappa shape index (κ3) is 3.99. The maximum absolute atomic E-state index is 5.46. The monoisotopic (exact) mass is 393 g/mol. The molecular formula is C22H27N5O2. The van der Waals surface area contributed by atoms with Crippen molar-refractivity contribution in [2.45, 2.75) is 19.4 Å². The standard InChI is InChI=1S/C22H27N5O2/c1-23-22(24-10-8-21-25-17-6-4-5-7-18(17)26-21)27-11-9-15-12-19(28-2)20(29-3)13-16(15)14-27/h4-7,12-13H,8-11,14H2,1-3H3,(H,23,24)(H,25,26). The molecule has 0 radical (unpaired) electrons. The van der Waals surface area contributed by atoms with E-state index >= 15 is 0 Å². The third-order valence-electron chi connectivity index (χ3n) is 5.31. The number of methoxy groups -OCH3 is 2. The molecule has 0 saturated heterocycles. The third-order valence-corrected chi connectivity index (χ3v) is 5.31. The zero-order valence-corrected chi connectivity index (χ0v) is 17.2. The van der Waals surface area contributed by atoms with Crippen molar-refractivity contribution < 1.29 is 9.47 Å². The number of hydrogen-bond donors (Lipinski definition) is 2. The molecule has 4 rings (SSSR count). The van der Waals surface area contributed by atoms with Gasteiger partial charge in [0.2, 0.25) is 0 Å². The Hall–Kier alpha value is -3.22. The number of para-hydroxylation sites is 2. The molecule has 0 atom stereocenters. The summed E-state index contributed by atoms with van der Waals surface area (Å²) in [5.74, 6) is 3.44. The number of guanidine groups is 1. The average Bonchev–Trinajstić information content (AvgIpc) is 3.18. The molecule has 2 heterocycles. The van der Waals surface area contributed by atoms with Crippen molar-refractivity contribution in [3.05, 3.63) is 53.3 Å². The van der Waals surface area contributed by atoms with Crippen LogP contribution in [0.5, 0.6) is 11.5 Å². The van der Waals surface area contributed by atoms with E-state index in [1.165, 1.54) is 11.1 Å². The van der Waals surface area contributed by atoms with E-state index in [1.54, 1.807) is 14.2 Å². The van der Waals surface area contributed by atoms with Crippen molar-refractivity contribution in [2.24, 2.45) is 4.99 Å². The number of ether oxygens (including phenoxy) is 2. The van der Waals surface area contributed by atoms with Crippen LogP contribution in [0.1, 0.15) is 17.0 Å². The van der Waals surface area contributed by atoms with Gasteiger partial charge in [0.15, 0.2) is 17.5 Å². The van der Waals surface area contributed by atoms with Crippen molar-refractivity contribution in [3.63, 3.8) is 0 Å². The summed E-state index contributed by atoms with van der Waals surface area (Å²) in [5, 5.41) is 3.47. The van der Waals surface area contributed by atoms with Gasteiger partial charge in [-0.05, 0) is 41.8 Å². The maximum Gasteiger partial charge on any atom is 0.193 e. The van der Waals surface area contributed by atoms with Crippen LogP contribution < -0.4 is 14.8 Å². The lowest BCUT2D eigenvalue weighted by Gasteiger charge is -2.32. The molecule has 1 aliphatic heterocycles. The van der Waals surface area contributed by atoms with Gasteiger partial charge in [-0.1, -0.05) is 12.1 Å². The molecule has 7 heteroatoms. The summed E-state index contributed by atoms with van der Waals surface area (Å²) in [5.41, 5.74) is 4.62. The second-order valence-corrected chi connectivity index (χ2v) is 7.07. The summed E-state index contributed by atoms with van der Waals surface area (Å²) < 4.78 is 10.9. The van der Waals surface area contributed by atoms with Crippen LogP contribution in [0.4, 0.5) is 0 Å². The molecule has 0 bridgehead atoms. The van der Waals surface area contributed by atoms with E-state index in [0.717, 1.165) is 66.8 Å². The predicted octanol–water partition coefficient (Wildman–Crippen LogP) is 2.76. The largest absolute Gasteiger partial charge is 0.493 e. The minimum atomic E-state index is 0.765. The van der Waals surface area contributed by atoms with Gasteiger partial charge in [0.05, 0.1) is 25.3 Å². The molecule has 3 aromatic rings. The minimum absolute atomic E-state index is 0.765. The van der Waals surface area contributed by atoms with Crippen molar-refractivity contribution in [3.8, 4) is 11.5 Å². The van der Waals surface area contributed by atoms with Gasteiger partial charge < -0.3 is 24.7 Å². The van der Waals surface area contributed by atoms with E-state index < -0.39 is 0 Å². The Morgan fingerprint density at radius 3 is 2.66 bits per heavy atom. The summed E-state index contributed by atoms with van der Waals surface area (Å²) in [6.45, 7) is 2.47. The van der Waals surface area contributed by atoms with Crippen LogP contribution in [0.3, 0.4) is 0 Å². The molecule has 0 saturated carbocycles. The molecule has 1 aromatic heterocycles. The van der Waals surface area contributed by atoms with Crippen LogP contribution in [0, 0.1) is 0 Å². The summed E-state index contributed by atoms with van der Waals surface area (Å²) >= 11 is 0. The van der Waals surface area contributed by atoms with E-state index in [1.807, 2.05) is 31.3 Å². The Balaban J connectivity index is 1.39. The first kappa shape index (κ1) is 19.1. The van der Waals surface area contributed by atoms with E-state index in [0.29, 0.717) is 0 Å². The molecule has 0 unspecified atom stereocenters. The molecule has 0 spiro atoms. The quantitative estimate of drug-likeness (QED) is 0.515. The average molecular weight is 393 g/mol. The fourth-order valence-corrected chi connectivity index (χ4v) is 3.81. The molecule has 2 N–H and O–H groups in total. The van der Waals surface area contributed by atoms with Gasteiger partial charge >= 0.3 is 0 Å². The number of aromatic nitrogens is 2. The van der Waals surface area contributed by atoms with Crippen molar-refractivity contribution in [1.29, 1.82) is 0 Å². The Bertz CT molecular complexity index is 994. The van der Waals surface area contributed by atoms with E-state index in [-0.39, 0.29) is 0 Å². The Morgan fingerprint density at radius 1 is 1.17 bits per heavy atom. The number of H-pyrrole nitrogens is 1. The van der Waals surface area contributed by atoms with Gasteiger partial charge in [0, 0.05) is 33.1 Å². The molecule has 0 amide bonds. The number of aromatic amines is 1. The number of benzene rings is 2. The summed E-state index contributed by atoms with van der Waals surface area (Å²) in [6, 6.07) is 12.3. The van der Waals surface area contributed by atoms with Crippen molar-refractivity contribution in [2.75, 3.05) is 34.4 Å². The fraction of sp³-hybridized carbons (Fsp3) is 0.364. The van der Waals surface area contributed by atoms with Crippen LogP contribution in [0.15, 0.2) is 41.4 Å². The van der Waals surface area contributed by atoms with Crippen LogP contribution in [0.2, 0.25) is 0 Å². The molecule has 7 nitrogen and oxygen atoms in total. The molecule has 0 aliphatic carbocycles. The van der Waals surface area contributed by atoms with Crippen LogP contribution in [-0.4, -0.2) is 55.2 Å². The van der Waals surface area contributed by atoms with Crippen LogP contribution >= 0.6 is 0 Å². The van der Waals surface area contributed by atoms with Gasteiger partial charge in [0.25, 0.3) is 0 Å². The zero-order valence-electron chi connectivity index (χ0n) is 17.2. The number of nitrogens with one attached hydrogen (secondary N) is 2. The first-order valence-electron chi connectivity index (χ1n) is 9.85. The number of nitrogens with zero attached hydrogens (tertiary/aromatic N) is 3. The normalized spacial score (nSPS) is 14.0. The Labute approximate surface area is 170 Å². The highest BCUT2D eigenvalue weighted by molar-refractivity contribution is 5.80. The first-order chi connectivity index (χ1) is 14.2. The maximum atomic E-state index is 5.46. The number of aliphatic imine (C=N–C) groups is 1. The van der Waals surface area contributed by atoms with Gasteiger partial charge in [0.1, 0.15) is 5.82 Å². The lowest BCUT2D eigenvalue weighted by Crippen LogP contribution is -2.44. The van der Waals surface area contributed by atoms with Crippen molar-refractivity contribution >= 4 is 17.0 Å². The highest BCUT2D eigenvalue weighted by Gasteiger charge is 2.21. The second-order valence-electron chi connectivity index (χ2n) is 7.07.